The molecule has 0 radical (unpaired) electrons. The highest BCUT2D eigenvalue weighted by atomic mass is 32.2. The van der Waals surface area contributed by atoms with E-state index in [1.807, 2.05) is 0 Å². The molecule has 1 aliphatic heterocycles. The predicted octanol–water partition coefficient (Wildman–Crippen LogP) is 1.56. The number of alkyl halides is 3. The first-order valence-electron chi connectivity index (χ1n) is 11.4. The second-order valence-corrected chi connectivity index (χ2v) is 10.6. The van der Waals surface area contributed by atoms with Gasteiger partial charge in [0.2, 0.25) is 17.3 Å². The summed E-state index contributed by atoms with van der Waals surface area (Å²) in [5.41, 5.74) is -3.30. The Hall–Kier alpha value is -2.91. The van der Waals surface area contributed by atoms with Crippen LogP contribution in [-0.2, 0) is 37.2 Å². The number of aliphatic hydroxyl groups is 1. The van der Waals surface area contributed by atoms with Crippen LogP contribution in [0.1, 0.15) is 44.2 Å². The largest absolute Gasteiger partial charge is 0.445 e. The van der Waals surface area contributed by atoms with Crippen LogP contribution >= 0.6 is 0 Å². The van der Waals surface area contributed by atoms with Gasteiger partial charge >= 0.3 is 12.3 Å². The summed E-state index contributed by atoms with van der Waals surface area (Å²) < 4.78 is 75.9. The maximum absolute atomic E-state index is 12.9. The Bertz CT molecular complexity index is 1080. The highest BCUT2D eigenvalue weighted by molar-refractivity contribution is 7.86. The van der Waals surface area contributed by atoms with Crippen molar-refractivity contribution in [1.82, 2.24) is 16.0 Å². The van der Waals surface area contributed by atoms with Gasteiger partial charge in [0, 0.05) is 12.5 Å². The lowest BCUT2D eigenvalue weighted by Crippen LogP contribution is -2.54. The van der Waals surface area contributed by atoms with Crippen LogP contribution in [0.3, 0.4) is 0 Å². The van der Waals surface area contributed by atoms with Crippen molar-refractivity contribution in [2.24, 2.45) is 11.8 Å². The first-order valence-corrected chi connectivity index (χ1v) is 12.9. The normalized spacial score (nSPS) is 18.6. The van der Waals surface area contributed by atoms with E-state index in [-0.39, 0.29) is 24.3 Å². The van der Waals surface area contributed by atoms with Crippen molar-refractivity contribution in [2.75, 3.05) is 6.54 Å². The van der Waals surface area contributed by atoms with Gasteiger partial charge < -0.3 is 25.8 Å². The SMILES string of the molecule is CC(C)CC(NC(=O)OCc1cccc(C(F)(F)F)c1)C(=O)NC(CC1CCNC1=O)C(O)S(=O)(=O)O. The second-order valence-electron chi connectivity index (χ2n) is 9.13. The first-order chi connectivity index (χ1) is 17.1. The van der Waals surface area contributed by atoms with Crippen LogP contribution in [0.25, 0.3) is 0 Å². The van der Waals surface area contributed by atoms with Crippen molar-refractivity contribution in [3.05, 3.63) is 35.4 Å². The maximum Gasteiger partial charge on any atom is 0.416 e. The van der Waals surface area contributed by atoms with Gasteiger partial charge in [0.1, 0.15) is 12.6 Å². The number of aliphatic hydroxyl groups excluding tert-OH is 1. The summed E-state index contributed by atoms with van der Waals surface area (Å²) in [5.74, 6) is -2.21. The topological polar surface area (TPSA) is 171 Å². The highest BCUT2D eigenvalue weighted by Gasteiger charge is 2.38. The van der Waals surface area contributed by atoms with Crippen LogP contribution in [0, 0.1) is 11.8 Å². The number of alkyl carbamates (subject to hydrolysis) is 1. The molecule has 3 amide bonds. The first kappa shape index (κ1) is 30.3. The van der Waals surface area contributed by atoms with E-state index in [9.17, 15) is 45.6 Å². The Morgan fingerprint density at radius 3 is 2.46 bits per heavy atom. The molecular formula is C22H30F3N3O8S. The van der Waals surface area contributed by atoms with Gasteiger partial charge in [0.05, 0.1) is 11.6 Å². The van der Waals surface area contributed by atoms with Crippen molar-refractivity contribution in [1.29, 1.82) is 0 Å². The standard InChI is InChI=1S/C22H30F3N3O8S/c1-12(2)8-16(28-21(32)36-11-13-4-3-5-15(9-13)22(23,24)25)19(30)27-17(20(31)37(33,34)35)10-14-6-7-26-18(14)29/h3-5,9,12,14,16-17,20,31H,6-8,10-11H2,1-2H3,(H,26,29)(H,27,30)(H,28,32)(H,33,34,35). The van der Waals surface area contributed by atoms with E-state index in [0.717, 1.165) is 18.2 Å². The summed E-state index contributed by atoms with van der Waals surface area (Å²) in [6.45, 7) is 3.25. The molecule has 0 aliphatic carbocycles. The summed E-state index contributed by atoms with van der Waals surface area (Å²) in [4.78, 5) is 37.2. The fourth-order valence-corrected chi connectivity index (χ4v) is 4.38. The molecule has 15 heteroatoms. The monoisotopic (exact) mass is 553 g/mol. The summed E-state index contributed by atoms with van der Waals surface area (Å²) in [6, 6.07) is 1.28. The zero-order valence-corrected chi connectivity index (χ0v) is 20.9. The van der Waals surface area contributed by atoms with Crippen LogP contribution < -0.4 is 16.0 Å². The van der Waals surface area contributed by atoms with Gasteiger partial charge in [-0.15, -0.1) is 0 Å². The van der Waals surface area contributed by atoms with Crippen molar-refractivity contribution < 1.29 is 50.4 Å². The Balaban J connectivity index is 2.10. The average molecular weight is 554 g/mol. The van der Waals surface area contributed by atoms with Crippen LogP contribution in [-0.4, -0.2) is 60.0 Å². The molecule has 0 spiro atoms. The second kappa shape index (κ2) is 12.6. The average Bonchev–Trinajstić information content (AvgIpc) is 3.19. The van der Waals surface area contributed by atoms with Gasteiger partial charge in [-0.2, -0.15) is 21.6 Å². The molecule has 1 aromatic rings. The Labute approximate surface area is 211 Å². The molecule has 1 aromatic carbocycles. The third-order valence-electron chi connectivity index (χ3n) is 5.62. The van der Waals surface area contributed by atoms with E-state index < -0.39 is 69.8 Å². The molecule has 208 valence electrons. The quantitative estimate of drug-likeness (QED) is 0.257. The molecule has 0 saturated carbocycles. The molecule has 5 N–H and O–H groups in total. The molecule has 37 heavy (non-hydrogen) atoms. The lowest BCUT2D eigenvalue weighted by atomic mass is 9.97. The van der Waals surface area contributed by atoms with E-state index in [1.165, 1.54) is 6.07 Å². The van der Waals surface area contributed by atoms with Crippen molar-refractivity contribution >= 4 is 28.0 Å². The van der Waals surface area contributed by atoms with Crippen molar-refractivity contribution in [3.8, 4) is 0 Å². The van der Waals surface area contributed by atoms with Crippen LogP contribution in [0.4, 0.5) is 18.0 Å². The van der Waals surface area contributed by atoms with E-state index in [2.05, 4.69) is 16.0 Å². The van der Waals surface area contributed by atoms with Crippen molar-refractivity contribution in [2.45, 2.75) is 63.4 Å². The number of nitrogens with one attached hydrogen (secondary N) is 3. The fourth-order valence-electron chi connectivity index (χ4n) is 3.79. The van der Waals surface area contributed by atoms with Gasteiger partial charge in [-0.1, -0.05) is 26.0 Å². The van der Waals surface area contributed by atoms with Gasteiger partial charge in [-0.25, -0.2) is 4.79 Å². The molecule has 1 fully saturated rings. The van der Waals surface area contributed by atoms with Crippen LogP contribution in [0.15, 0.2) is 24.3 Å². The molecule has 0 aromatic heterocycles. The number of carbonyl (C=O) groups is 3. The molecule has 2 rings (SSSR count). The maximum atomic E-state index is 12.9. The Morgan fingerprint density at radius 2 is 1.92 bits per heavy atom. The number of rotatable bonds is 11. The van der Waals surface area contributed by atoms with E-state index in [4.69, 9.17) is 4.74 Å². The predicted molar refractivity (Wildman–Crippen MR) is 123 cm³/mol. The third kappa shape index (κ3) is 9.48. The lowest BCUT2D eigenvalue weighted by Gasteiger charge is -2.27. The fraction of sp³-hybridized carbons (Fsp3) is 0.591. The van der Waals surface area contributed by atoms with Crippen molar-refractivity contribution in [3.63, 3.8) is 0 Å². The molecule has 1 saturated heterocycles. The summed E-state index contributed by atoms with van der Waals surface area (Å²) in [5, 5.41) is 17.2. The number of benzene rings is 1. The molecule has 4 unspecified atom stereocenters. The highest BCUT2D eigenvalue weighted by Crippen LogP contribution is 2.29. The number of ether oxygens (including phenoxy) is 1. The smallest absolute Gasteiger partial charge is 0.416 e. The van der Waals surface area contributed by atoms with Gasteiger partial charge in [0.15, 0.2) is 0 Å². The Morgan fingerprint density at radius 1 is 1.24 bits per heavy atom. The van der Waals surface area contributed by atoms with Gasteiger partial charge in [-0.05, 0) is 42.9 Å². The summed E-state index contributed by atoms with van der Waals surface area (Å²) >= 11 is 0. The number of amides is 3. The van der Waals surface area contributed by atoms with E-state index in [0.29, 0.717) is 13.0 Å². The summed E-state index contributed by atoms with van der Waals surface area (Å²) in [6.07, 6.45) is -5.64. The minimum Gasteiger partial charge on any atom is -0.445 e. The molecule has 11 nitrogen and oxygen atoms in total. The summed E-state index contributed by atoms with van der Waals surface area (Å²) in [7, 11) is -5.01. The molecule has 1 aliphatic rings. The zero-order chi connectivity index (χ0) is 28.0. The number of hydrogen-bond donors (Lipinski definition) is 5. The van der Waals surface area contributed by atoms with Gasteiger partial charge in [-0.3, -0.25) is 14.1 Å². The Kier molecular flexibility index (Phi) is 10.3. The number of carbonyl (C=O) groups excluding carboxylic acids is 3. The minimum atomic E-state index is -5.01. The molecule has 4 atom stereocenters. The zero-order valence-electron chi connectivity index (χ0n) is 20.1. The van der Waals surface area contributed by atoms with Gasteiger partial charge in [0.25, 0.3) is 10.1 Å². The van der Waals surface area contributed by atoms with E-state index in [1.54, 1.807) is 13.8 Å². The molecule has 0 bridgehead atoms. The molecule has 1 heterocycles. The number of hydrogen-bond acceptors (Lipinski definition) is 7. The minimum absolute atomic E-state index is 0.0447. The van der Waals surface area contributed by atoms with Crippen LogP contribution in [0.2, 0.25) is 0 Å². The molecular weight excluding hydrogens is 523 g/mol. The number of halogens is 3. The third-order valence-corrected chi connectivity index (χ3v) is 6.56. The van der Waals surface area contributed by atoms with E-state index >= 15 is 0 Å². The van der Waals surface area contributed by atoms with Crippen LogP contribution in [0.5, 0.6) is 0 Å². The lowest BCUT2D eigenvalue weighted by molar-refractivity contribution is -0.137.